The van der Waals surface area contributed by atoms with Gasteiger partial charge in [-0.3, -0.25) is 4.68 Å². The second-order valence-corrected chi connectivity index (χ2v) is 6.97. The van der Waals surface area contributed by atoms with Gasteiger partial charge in [0.2, 0.25) is 0 Å². The van der Waals surface area contributed by atoms with Gasteiger partial charge in [0.25, 0.3) is 0 Å². The predicted octanol–water partition coefficient (Wildman–Crippen LogP) is 4.26. The molecular formula is C25H25N3O3. The quantitative estimate of drug-likeness (QED) is 0.226. The van der Waals surface area contributed by atoms with Gasteiger partial charge >= 0.3 is 5.97 Å². The van der Waals surface area contributed by atoms with Gasteiger partial charge in [-0.1, -0.05) is 61.5 Å². The zero-order chi connectivity index (χ0) is 22.1. The number of methoxy groups -OCH3 is 1. The third-order valence-corrected chi connectivity index (χ3v) is 4.77. The number of ether oxygens (including phenoxy) is 2. The Bertz CT molecular complexity index is 1080. The van der Waals surface area contributed by atoms with Crippen molar-refractivity contribution in [3.05, 3.63) is 83.1 Å². The van der Waals surface area contributed by atoms with E-state index in [0.29, 0.717) is 17.8 Å². The highest BCUT2D eigenvalue weighted by Crippen LogP contribution is 2.25. The Morgan fingerprint density at radius 2 is 1.84 bits per heavy atom. The zero-order valence-corrected chi connectivity index (χ0v) is 17.7. The van der Waals surface area contributed by atoms with Crippen molar-refractivity contribution in [1.82, 2.24) is 9.78 Å². The molecule has 0 amide bonds. The molecule has 2 aromatic carbocycles. The Morgan fingerprint density at radius 3 is 2.48 bits per heavy atom. The molecule has 0 aliphatic heterocycles. The average molecular weight is 415 g/mol. The molecule has 0 saturated carbocycles. The Balaban J connectivity index is 1.97. The number of nitriles is 1. The molecule has 1 aromatic heterocycles. The third kappa shape index (κ3) is 5.91. The topological polar surface area (TPSA) is 77.1 Å². The lowest BCUT2D eigenvalue weighted by Crippen LogP contribution is -2.11. The van der Waals surface area contributed by atoms with Crippen LogP contribution in [0.5, 0.6) is 0 Å². The lowest BCUT2D eigenvalue weighted by molar-refractivity contribution is -0.139. The van der Waals surface area contributed by atoms with Gasteiger partial charge in [0.05, 0.1) is 18.8 Å². The van der Waals surface area contributed by atoms with Gasteiger partial charge in [0.15, 0.2) is 0 Å². The molecular weight excluding hydrogens is 390 g/mol. The lowest BCUT2D eigenvalue weighted by Gasteiger charge is -2.04. The average Bonchev–Trinajstić information content (AvgIpc) is 3.20. The van der Waals surface area contributed by atoms with Crippen molar-refractivity contribution in [3.8, 4) is 17.3 Å². The first-order chi connectivity index (χ1) is 15.1. The van der Waals surface area contributed by atoms with E-state index in [-0.39, 0.29) is 18.8 Å². The zero-order valence-electron chi connectivity index (χ0n) is 17.7. The van der Waals surface area contributed by atoms with Gasteiger partial charge in [-0.05, 0) is 23.6 Å². The van der Waals surface area contributed by atoms with E-state index >= 15 is 0 Å². The van der Waals surface area contributed by atoms with Gasteiger partial charge in [0, 0.05) is 24.4 Å². The van der Waals surface area contributed by atoms with Crippen molar-refractivity contribution >= 4 is 12.0 Å². The Kier molecular flexibility index (Phi) is 7.74. The minimum Gasteiger partial charge on any atom is -0.459 e. The molecule has 0 N–H and O–H groups in total. The highest BCUT2D eigenvalue weighted by molar-refractivity contribution is 5.98. The van der Waals surface area contributed by atoms with Gasteiger partial charge in [-0.15, -0.1) is 0 Å². The first-order valence-electron chi connectivity index (χ1n) is 10.1. The minimum absolute atomic E-state index is 0.0817. The molecule has 0 saturated heterocycles. The summed E-state index contributed by atoms with van der Waals surface area (Å²) in [4.78, 5) is 12.3. The summed E-state index contributed by atoms with van der Waals surface area (Å²) >= 11 is 0. The van der Waals surface area contributed by atoms with Crippen LogP contribution in [-0.2, 0) is 27.2 Å². The highest BCUT2D eigenvalue weighted by Gasteiger charge is 2.15. The van der Waals surface area contributed by atoms with Crippen molar-refractivity contribution in [2.45, 2.75) is 19.9 Å². The molecule has 31 heavy (non-hydrogen) atoms. The highest BCUT2D eigenvalue weighted by atomic mass is 16.6. The number of nitrogens with zero attached hydrogens (tertiary/aromatic N) is 3. The number of aromatic nitrogens is 2. The van der Waals surface area contributed by atoms with E-state index < -0.39 is 5.97 Å². The number of carbonyl (C=O) groups is 1. The number of esters is 1. The maximum atomic E-state index is 12.3. The molecule has 0 atom stereocenters. The molecule has 3 aromatic rings. The standard InChI is InChI=1S/C25H25N3O3/c1-3-19-9-11-21(12-10-19)24-23(15-22(16-26)25(29)31-14-13-30-2)18-28(27-24)17-20-7-5-4-6-8-20/h4-12,15,18H,3,13-14,17H2,1-2H3/b22-15+. The number of rotatable bonds is 9. The molecule has 0 bridgehead atoms. The lowest BCUT2D eigenvalue weighted by atomic mass is 10.0. The normalized spacial score (nSPS) is 11.2. The number of aryl methyl sites for hydroxylation is 1. The van der Waals surface area contributed by atoms with Crippen molar-refractivity contribution in [3.63, 3.8) is 0 Å². The van der Waals surface area contributed by atoms with Gasteiger partial charge in [-0.25, -0.2) is 4.79 Å². The Morgan fingerprint density at radius 1 is 1.10 bits per heavy atom. The van der Waals surface area contributed by atoms with Crippen LogP contribution in [0.25, 0.3) is 17.3 Å². The van der Waals surface area contributed by atoms with Crippen LogP contribution in [0.1, 0.15) is 23.6 Å². The number of hydrogen-bond acceptors (Lipinski definition) is 5. The number of carbonyl (C=O) groups excluding carboxylic acids is 1. The molecule has 158 valence electrons. The molecule has 0 aliphatic rings. The van der Waals surface area contributed by atoms with Gasteiger partial charge in [0.1, 0.15) is 18.2 Å². The maximum absolute atomic E-state index is 12.3. The minimum atomic E-state index is -0.678. The summed E-state index contributed by atoms with van der Waals surface area (Å²) in [6, 6.07) is 20.1. The Hall–Kier alpha value is -3.69. The largest absolute Gasteiger partial charge is 0.459 e. The molecule has 1 heterocycles. The SMILES string of the molecule is CCc1ccc(-c2nn(Cc3ccccc3)cc2/C=C(\C#N)C(=O)OCCOC)cc1. The molecule has 6 nitrogen and oxygen atoms in total. The molecule has 0 aliphatic carbocycles. The van der Waals surface area contributed by atoms with Crippen molar-refractivity contribution in [1.29, 1.82) is 5.26 Å². The van der Waals surface area contributed by atoms with Crippen molar-refractivity contribution < 1.29 is 14.3 Å². The summed E-state index contributed by atoms with van der Waals surface area (Å²) in [7, 11) is 1.52. The monoisotopic (exact) mass is 415 g/mol. The maximum Gasteiger partial charge on any atom is 0.348 e. The third-order valence-electron chi connectivity index (χ3n) is 4.77. The van der Waals surface area contributed by atoms with Crippen LogP contribution >= 0.6 is 0 Å². The van der Waals surface area contributed by atoms with E-state index in [0.717, 1.165) is 17.5 Å². The van der Waals surface area contributed by atoms with Crippen molar-refractivity contribution in [2.75, 3.05) is 20.3 Å². The van der Waals surface area contributed by atoms with Crippen LogP contribution in [0, 0.1) is 11.3 Å². The predicted molar refractivity (Wildman–Crippen MR) is 119 cm³/mol. The van der Waals surface area contributed by atoms with Crippen LogP contribution in [0.15, 0.2) is 66.4 Å². The fourth-order valence-corrected chi connectivity index (χ4v) is 3.10. The van der Waals surface area contributed by atoms with Crippen LogP contribution in [-0.4, -0.2) is 36.1 Å². The summed E-state index contributed by atoms with van der Waals surface area (Å²) < 4.78 is 11.8. The van der Waals surface area contributed by atoms with E-state index in [1.165, 1.54) is 18.7 Å². The van der Waals surface area contributed by atoms with Crippen LogP contribution < -0.4 is 0 Å². The Labute approximate surface area is 182 Å². The molecule has 6 heteroatoms. The second-order valence-electron chi connectivity index (χ2n) is 6.97. The van der Waals surface area contributed by atoms with Gasteiger partial charge < -0.3 is 9.47 Å². The summed E-state index contributed by atoms with van der Waals surface area (Å²) in [5.74, 6) is -0.678. The first-order valence-corrected chi connectivity index (χ1v) is 10.1. The van der Waals surface area contributed by atoms with E-state index in [2.05, 4.69) is 19.1 Å². The van der Waals surface area contributed by atoms with Crippen LogP contribution in [0.2, 0.25) is 0 Å². The molecule has 0 spiro atoms. The number of hydrogen-bond donors (Lipinski definition) is 0. The van der Waals surface area contributed by atoms with Crippen molar-refractivity contribution in [2.24, 2.45) is 0 Å². The van der Waals surface area contributed by atoms with E-state index in [9.17, 15) is 10.1 Å². The van der Waals surface area contributed by atoms with E-state index in [1.54, 1.807) is 0 Å². The van der Waals surface area contributed by atoms with Crippen LogP contribution in [0.4, 0.5) is 0 Å². The van der Waals surface area contributed by atoms with E-state index in [4.69, 9.17) is 14.6 Å². The fraction of sp³-hybridized carbons (Fsp3) is 0.240. The van der Waals surface area contributed by atoms with E-state index in [1.807, 2.05) is 59.4 Å². The second kappa shape index (κ2) is 10.9. The first kappa shape index (κ1) is 22.0. The number of benzene rings is 2. The smallest absolute Gasteiger partial charge is 0.348 e. The summed E-state index contributed by atoms with van der Waals surface area (Å²) in [5.41, 5.74) is 4.55. The molecule has 0 radical (unpaired) electrons. The molecule has 3 rings (SSSR count). The molecule has 0 unspecified atom stereocenters. The molecule has 0 fully saturated rings. The fourth-order valence-electron chi connectivity index (χ4n) is 3.10. The summed E-state index contributed by atoms with van der Waals surface area (Å²) in [6.45, 7) is 3.04. The summed E-state index contributed by atoms with van der Waals surface area (Å²) in [5, 5.41) is 14.3. The van der Waals surface area contributed by atoms with Crippen LogP contribution in [0.3, 0.4) is 0 Å². The van der Waals surface area contributed by atoms with Gasteiger partial charge in [-0.2, -0.15) is 10.4 Å². The summed E-state index contributed by atoms with van der Waals surface area (Å²) in [6.07, 6.45) is 4.32.